The van der Waals surface area contributed by atoms with E-state index in [-0.39, 0.29) is 0 Å². The molecule has 0 bridgehead atoms. The number of hydrogen-bond acceptors (Lipinski definition) is 4. The summed E-state index contributed by atoms with van der Waals surface area (Å²) >= 11 is 0. The lowest BCUT2D eigenvalue weighted by Gasteiger charge is -1.85. The third-order valence-electron chi connectivity index (χ3n) is 1.48. The summed E-state index contributed by atoms with van der Waals surface area (Å²) in [5.74, 6) is 0. The van der Waals surface area contributed by atoms with E-state index in [1.54, 1.807) is 18.7 Å². The standard InChI is InChI=1S/C9H7NO.CH4O3S/c1-2-4-9-8(3-1)7-11-6-5-10-9;1-5(2,3)4/h1-7H;1H3,(H,2,3,4). The third kappa shape index (κ3) is 5.28. The number of ether oxygens (including phenoxy) is 1. The second-order valence-corrected chi connectivity index (χ2v) is 4.43. The minimum Gasteiger partial charge on any atom is -0.470 e. The molecular formula is C10H11NO4S. The van der Waals surface area contributed by atoms with Gasteiger partial charge in [0.15, 0.2) is 0 Å². The van der Waals surface area contributed by atoms with Gasteiger partial charge in [-0.3, -0.25) is 9.55 Å². The zero-order valence-electron chi connectivity index (χ0n) is 8.57. The van der Waals surface area contributed by atoms with Crippen LogP contribution in [-0.2, 0) is 14.9 Å². The topological polar surface area (TPSA) is 76.0 Å². The molecule has 0 spiro atoms. The van der Waals surface area contributed by atoms with Crippen molar-refractivity contribution in [1.82, 2.24) is 0 Å². The minimum atomic E-state index is -3.67. The number of rotatable bonds is 0. The van der Waals surface area contributed by atoms with E-state index in [4.69, 9.17) is 9.29 Å². The molecule has 1 aliphatic heterocycles. The van der Waals surface area contributed by atoms with Crippen LogP contribution in [0.1, 0.15) is 0 Å². The highest BCUT2D eigenvalue weighted by Gasteiger charge is 1.86. The van der Waals surface area contributed by atoms with Crippen molar-refractivity contribution >= 4 is 16.4 Å². The van der Waals surface area contributed by atoms with Gasteiger partial charge in [-0.05, 0) is 12.1 Å². The van der Waals surface area contributed by atoms with Gasteiger partial charge in [-0.2, -0.15) is 8.42 Å². The van der Waals surface area contributed by atoms with Crippen LogP contribution < -0.4 is 10.6 Å². The van der Waals surface area contributed by atoms with Crippen LogP contribution >= 0.6 is 0 Å². The van der Waals surface area contributed by atoms with Gasteiger partial charge >= 0.3 is 0 Å². The molecule has 1 aromatic rings. The summed E-state index contributed by atoms with van der Waals surface area (Å²) in [6, 6.07) is 7.82. The molecule has 0 radical (unpaired) electrons. The molecule has 0 saturated carbocycles. The van der Waals surface area contributed by atoms with Crippen LogP contribution in [0.2, 0.25) is 0 Å². The molecule has 1 heterocycles. The first-order valence-corrected chi connectivity index (χ1v) is 6.18. The normalized spacial score (nSPS) is 12.9. The molecule has 0 aromatic heterocycles. The van der Waals surface area contributed by atoms with Crippen LogP contribution in [0.15, 0.2) is 41.7 Å². The monoisotopic (exact) mass is 241 g/mol. The first-order chi connectivity index (χ1) is 7.47. The first kappa shape index (κ1) is 12.4. The number of nitrogens with zero attached hydrogens (tertiary/aromatic N) is 1. The number of para-hydroxylation sites is 1. The molecule has 6 heteroatoms. The van der Waals surface area contributed by atoms with Gasteiger partial charge in [-0.1, -0.05) is 12.1 Å². The summed E-state index contributed by atoms with van der Waals surface area (Å²) in [4.78, 5) is 4.15. The molecule has 0 atom stereocenters. The van der Waals surface area contributed by atoms with Crippen LogP contribution in [0, 0.1) is 0 Å². The summed E-state index contributed by atoms with van der Waals surface area (Å²) < 4.78 is 30.9. The highest BCUT2D eigenvalue weighted by molar-refractivity contribution is 7.85. The van der Waals surface area contributed by atoms with Crippen LogP contribution in [0.5, 0.6) is 0 Å². The highest BCUT2D eigenvalue weighted by atomic mass is 32.2. The second-order valence-electron chi connectivity index (χ2n) is 2.96. The smallest absolute Gasteiger partial charge is 0.261 e. The number of fused-ring (bicyclic) bond motifs is 1. The predicted molar refractivity (Wildman–Crippen MR) is 59.4 cm³/mol. The Labute approximate surface area is 93.1 Å². The Hall–Kier alpha value is -1.66. The Kier molecular flexibility index (Phi) is 4.21. The van der Waals surface area contributed by atoms with Crippen molar-refractivity contribution in [3.05, 3.63) is 47.3 Å². The Balaban J connectivity index is 0.000000221. The number of benzene rings is 1. The Morgan fingerprint density at radius 1 is 1.31 bits per heavy atom. The van der Waals surface area contributed by atoms with Crippen LogP contribution in [0.25, 0.3) is 6.26 Å². The Morgan fingerprint density at radius 2 is 1.94 bits per heavy atom. The average Bonchev–Trinajstić information content (AvgIpc) is 2.39. The number of hydrogen-bond donors (Lipinski definition) is 1. The third-order valence-corrected chi connectivity index (χ3v) is 1.48. The van der Waals surface area contributed by atoms with Crippen molar-refractivity contribution in [2.24, 2.45) is 4.99 Å². The van der Waals surface area contributed by atoms with Crippen molar-refractivity contribution in [3.63, 3.8) is 0 Å². The van der Waals surface area contributed by atoms with Crippen molar-refractivity contribution in [1.29, 1.82) is 0 Å². The molecule has 1 N–H and O–H groups in total. The largest absolute Gasteiger partial charge is 0.470 e. The quantitative estimate of drug-likeness (QED) is 0.651. The summed E-state index contributed by atoms with van der Waals surface area (Å²) in [5, 5.41) is 1.96. The lowest BCUT2D eigenvalue weighted by Crippen LogP contribution is -2.22. The Bertz CT molecular complexity index is 581. The molecule has 0 aliphatic carbocycles. The van der Waals surface area contributed by atoms with Gasteiger partial charge in [-0.15, -0.1) is 0 Å². The average molecular weight is 241 g/mol. The zero-order chi connectivity index (χ0) is 12.0. The van der Waals surface area contributed by atoms with Gasteiger partial charge in [0, 0.05) is 5.22 Å². The van der Waals surface area contributed by atoms with E-state index >= 15 is 0 Å². The molecule has 1 aliphatic rings. The van der Waals surface area contributed by atoms with Gasteiger partial charge in [0.05, 0.1) is 24.1 Å². The van der Waals surface area contributed by atoms with Gasteiger partial charge < -0.3 is 4.74 Å². The zero-order valence-corrected chi connectivity index (χ0v) is 9.39. The van der Waals surface area contributed by atoms with E-state index in [9.17, 15) is 8.42 Å². The fraction of sp³-hybridized carbons (Fsp3) is 0.100. The maximum Gasteiger partial charge on any atom is 0.261 e. The van der Waals surface area contributed by atoms with E-state index in [1.807, 2.05) is 24.3 Å². The molecule has 1 aromatic carbocycles. The van der Waals surface area contributed by atoms with E-state index < -0.39 is 10.1 Å². The van der Waals surface area contributed by atoms with Crippen molar-refractivity contribution in [2.45, 2.75) is 0 Å². The fourth-order valence-corrected chi connectivity index (χ4v) is 0.963. The summed E-state index contributed by atoms with van der Waals surface area (Å²) in [6.45, 7) is 0. The summed E-state index contributed by atoms with van der Waals surface area (Å²) in [6.07, 6.45) is 5.59. The molecule has 0 fully saturated rings. The maximum absolute atomic E-state index is 9.19. The molecule has 0 saturated heterocycles. The second kappa shape index (κ2) is 5.43. The lowest BCUT2D eigenvalue weighted by molar-refractivity contribution is 0.460. The van der Waals surface area contributed by atoms with Crippen molar-refractivity contribution in [2.75, 3.05) is 6.26 Å². The van der Waals surface area contributed by atoms with E-state index in [0.29, 0.717) is 6.26 Å². The maximum atomic E-state index is 9.19. The first-order valence-electron chi connectivity index (χ1n) is 4.33. The fourth-order valence-electron chi connectivity index (χ4n) is 0.963. The lowest BCUT2D eigenvalue weighted by atomic mass is 10.3. The molecule has 16 heavy (non-hydrogen) atoms. The van der Waals surface area contributed by atoms with Crippen molar-refractivity contribution in [3.8, 4) is 0 Å². The molecule has 2 rings (SSSR count). The SMILES string of the molecule is C1=COC=c2ccccc2=N1.CS(=O)(=O)O. The highest BCUT2D eigenvalue weighted by Crippen LogP contribution is 1.83. The van der Waals surface area contributed by atoms with Gasteiger partial charge in [0.1, 0.15) is 6.26 Å². The van der Waals surface area contributed by atoms with E-state index in [1.165, 1.54) is 0 Å². The van der Waals surface area contributed by atoms with Gasteiger partial charge in [0.2, 0.25) is 0 Å². The predicted octanol–water partition coefficient (Wildman–Crippen LogP) is 0.0496. The van der Waals surface area contributed by atoms with E-state index in [2.05, 4.69) is 4.99 Å². The summed E-state index contributed by atoms with van der Waals surface area (Å²) in [5.41, 5.74) is 0. The molecule has 0 unspecified atom stereocenters. The minimum absolute atomic E-state index is 0.715. The van der Waals surface area contributed by atoms with Gasteiger partial charge in [-0.25, -0.2) is 0 Å². The van der Waals surface area contributed by atoms with E-state index in [0.717, 1.165) is 10.6 Å². The van der Waals surface area contributed by atoms with Crippen LogP contribution in [0.4, 0.5) is 0 Å². The Morgan fingerprint density at radius 3 is 2.62 bits per heavy atom. The van der Waals surface area contributed by atoms with Gasteiger partial charge in [0.25, 0.3) is 10.1 Å². The molecule has 86 valence electrons. The molecule has 0 amide bonds. The molecule has 5 nitrogen and oxygen atoms in total. The van der Waals surface area contributed by atoms with Crippen molar-refractivity contribution < 1.29 is 17.7 Å². The van der Waals surface area contributed by atoms with Crippen LogP contribution in [0.3, 0.4) is 0 Å². The molecular weight excluding hydrogens is 230 g/mol. The summed E-state index contributed by atoms with van der Waals surface area (Å²) in [7, 11) is -3.67. The van der Waals surface area contributed by atoms with Crippen LogP contribution in [-0.4, -0.2) is 19.2 Å².